The topological polar surface area (TPSA) is 115 Å². The first kappa shape index (κ1) is 25.4. The van der Waals surface area contributed by atoms with Gasteiger partial charge in [-0.25, -0.2) is 4.79 Å². The molecular formula is C23H25F3N6O4. The number of likely N-dealkylation sites (tertiary alicyclic amines) is 1. The summed E-state index contributed by atoms with van der Waals surface area (Å²) in [5.41, 5.74) is 2.25. The Morgan fingerprint density at radius 2 is 1.83 bits per heavy atom. The van der Waals surface area contributed by atoms with Crippen molar-refractivity contribution < 1.29 is 27.8 Å². The van der Waals surface area contributed by atoms with E-state index in [9.17, 15) is 18.0 Å². The van der Waals surface area contributed by atoms with E-state index in [0.717, 1.165) is 49.6 Å². The molecule has 13 heteroatoms. The van der Waals surface area contributed by atoms with Gasteiger partial charge in [0.1, 0.15) is 11.6 Å². The van der Waals surface area contributed by atoms with Gasteiger partial charge in [0.25, 0.3) is 5.56 Å². The highest BCUT2D eigenvalue weighted by molar-refractivity contribution is 5.73. The Kier molecular flexibility index (Phi) is 6.85. The molecular weight excluding hydrogens is 481 g/mol. The smallest absolute Gasteiger partial charge is 0.490 e. The number of rotatable bonds is 4. The molecule has 2 aliphatic rings. The molecule has 0 aliphatic carbocycles. The average Bonchev–Trinajstić information content (AvgIpc) is 3.54. The predicted molar refractivity (Wildman–Crippen MR) is 121 cm³/mol. The number of carboxylic acids is 1. The van der Waals surface area contributed by atoms with E-state index in [1.54, 1.807) is 7.11 Å². The van der Waals surface area contributed by atoms with Crippen LogP contribution in [0.2, 0.25) is 0 Å². The summed E-state index contributed by atoms with van der Waals surface area (Å²) in [6.45, 7) is 3.47. The van der Waals surface area contributed by atoms with Crippen LogP contribution >= 0.6 is 0 Å². The molecule has 1 fully saturated rings. The Morgan fingerprint density at radius 1 is 1.17 bits per heavy atom. The van der Waals surface area contributed by atoms with Gasteiger partial charge in [-0.3, -0.25) is 18.9 Å². The van der Waals surface area contributed by atoms with Crippen LogP contribution in [0.15, 0.2) is 41.5 Å². The maximum atomic E-state index is 13.1. The number of halogens is 3. The average molecular weight is 506 g/mol. The van der Waals surface area contributed by atoms with Gasteiger partial charge in [0.15, 0.2) is 5.69 Å². The van der Waals surface area contributed by atoms with Gasteiger partial charge in [-0.05, 0) is 43.7 Å². The van der Waals surface area contributed by atoms with Gasteiger partial charge in [-0.15, -0.1) is 10.2 Å². The van der Waals surface area contributed by atoms with Gasteiger partial charge in [0.05, 0.1) is 13.3 Å². The molecule has 2 aliphatic heterocycles. The highest BCUT2D eigenvalue weighted by Crippen LogP contribution is 2.41. The molecule has 1 atom stereocenters. The van der Waals surface area contributed by atoms with E-state index in [1.165, 1.54) is 5.56 Å². The maximum Gasteiger partial charge on any atom is 0.490 e. The van der Waals surface area contributed by atoms with Gasteiger partial charge in [0.2, 0.25) is 0 Å². The number of aryl methyl sites for hydroxylation is 1. The zero-order chi connectivity index (χ0) is 26.1. The molecule has 1 spiro atoms. The summed E-state index contributed by atoms with van der Waals surface area (Å²) >= 11 is 0. The SMILES string of the molecule is COc1ccc(-c2nnc3n(c2=O)CCC32CCN(Cc3cnn(C)c3)C2)cc1.O=C(O)C(F)(F)F. The van der Waals surface area contributed by atoms with Gasteiger partial charge in [-0.2, -0.15) is 18.3 Å². The molecule has 5 rings (SSSR count). The number of nitrogens with zero attached hydrogens (tertiary/aromatic N) is 6. The summed E-state index contributed by atoms with van der Waals surface area (Å²) in [7, 11) is 3.56. The number of aliphatic carboxylic acids is 1. The number of hydrogen-bond donors (Lipinski definition) is 1. The quantitative estimate of drug-likeness (QED) is 0.573. The summed E-state index contributed by atoms with van der Waals surface area (Å²) in [4.78, 5) is 24.5. The van der Waals surface area contributed by atoms with E-state index in [0.29, 0.717) is 12.2 Å². The van der Waals surface area contributed by atoms with Crippen molar-refractivity contribution in [2.45, 2.75) is 37.5 Å². The summed E-state index contributed by atoms with van der Waals surface area (Å²) in [6, 6.07) is 7.38. The lowest BCUT2D eigenvalue weighted by Crippen LogP contribution is -2.33. The Labute approximate surface area is 203 Å². The van der Waals surface area contributed by atoms with Crippen molar-refractivity contribution in [3.05, 3.63) is 58.4 Å². The van der Waals surface area contributed by atoms with Gasteiger partial charge >= 0.3 is 12.1 Å². The van der Waals surface area contributed by atoms with Crippen molar-refractivity contribution in [3.63, 3.8) is 0 Å². The van der Waals surface area contributed by atoms with Crippen LogP contribution in [-0.4, -0.2) is 66.9 Å². The van der Waals surface area contributed by atoms with Crippen molar-refractivity contribution in [2.24, 2.45) is 7.05 Å². The summed E-state index contributed by atoms with van der Waals surface area (Å²) in [5.74, 6) is -1.16. The molecule has 192 valence electrons. The molecule has 3 aromatic rings. The summed E-state index contributed by atoms with van der Waals surface area (Å²) in [5, 5.41) is 20.3. The van der Waals surface area contributed by atoms with Crippen molar-refractivity contribution in [1.82, 2.24) is 29.4 Å². The highest BCUT2D eigenvalue weighted by atomic mass is 19.4. The third-order valence-electron chi connectivity index (χ3n) is 6.44. The van der Waals surface area contributed by atoms with E-state index < -0.39 is 12.1 Å². The van der Waals surface area contributed by atoms with Crippen molar-refractivity contribution >= 4 is 5.97 Å². The zero-order valence-electron chi connectivity index (χ0n) is 19.7. The standard InChI is InChI=1S/C21H24N6O2.C2HF3O2/c1-25-12-15(11-22-25)13-26-9-7-21(14-26)8-10-27-19(28)18(23-24-20(21)27)16-3-5-17(29-2)6-4-16;3-2(4,5)1(6)7/h3-6,11-12H,7-10,13-14H2,1-2H3;(H,6,7). The van der Waals surface area contributed by atoms with Gasteiger partial charge in [0, 0.05) is 49.4 Å². The summed E-state index contributed by atoms with van der Waals surface area (Å²) in [6.07, 6.45) is 0.827. The molecule has 36 heavy (non-hydrogen) atoms. The lowest BCUT2D eigenvalue weighted by Gasteiger charge is -2.22. The van der Waals surface area contributed by atoms with Crippen LogP contribution in [0.25, 0.3) is 11.3 Å². The van der Waals surface area contributed by atoms with E-state index in [4.69, 9.17) is 14.6 Å². The number of alkyl halides is 3. The number of carboxylic acid groups (broad SMARTS) is 1. The molecule has 0 bridgehead atoms. The van der Waals surface area contributed by atoms with Crippen LogP contribution in [0.5, 0.6) is 5.75 Å². The first-order valence-electron chi connectivity index (χ1n) is 11.1. The minimum absolute atomic E-state index is 0.0530. The second kappa shape index (κ2) is 9.72. The minimum atomic E-state index is -5.08. The molecule has 0 radical (unpaired) electrons. The monoisotopic (exact) mass is 506 g/mol. The fourth-order valence-electron chi connectivity index (χ4n) is 4.68. The van der Waals surface area contributed by atoms with Crippen LogP contribution in [-0.2, 0) is 30.3 Å². The number of benzene rings is 1. The largest absolute Gasteiger partial charge is 0.497 e. The molecule has 10 nitrogen and oxygen atoms in total. The van der Waals surface area contributed by atoms with E-state index in [2.05, 4.69) is 26.4 Å². The molecule has 4 heterocycles. The number of carbonyl (C=O) groups is 1. The number of methoxy groups -OCH3 is 1. The fourth-order valence-corrected chi connectivity index (χ4v) is 4.68. The van der Waals surface area contributed by atoms with E-state index in [1.807, 2.05) is 46.8 Å². The molecule has 1 saturated heterocycles. The van der Waals surface area contributed by atoms with Crippen molar-refractivity contribution in [1.29, 1.82) is 0 Å². The first-order chi connectivity index (χ1) is 17.0. The van der Waals surface area contributed by atoms with E-state index >= 15 is 0 Å². The Bertz CT molecular complexity index is 1300. The highest BCUT2D eigenvalue weighted by Gasteiger charge is 2.47. The van der Waals surface area contributed by atoms with Crippen molar-refractivity contribution in [2.75, 3.05) is 20.2 Å². The Balaban J connectivity index is 0.000000384. The molecule has 2 aromatic heterocycles. The van der Waals surface area contributed by atoms with Crippen LogP contribution in [0, 0.1) is 0 Å². The van der Waals surface area contributed by atoms with Crippen LogP contribution in [0.3, 0.4) is 0 Å². The number of fused-ring (bicyclic) bond motifs is 2. The van der Waals surface area contributed by atoms with Crippen LogP contribution < -0.4 is 10.3 Å². The lowest BCUT2D eigenvalue weighted by atomic mass is 9.85. The number of hydrogen-bond acceptors (Lipinski definition) is 7. The molecule has 0 amide bonds. The normalized spacial score (nSPS) is 19.1. The fraction of sp³-hybridized carbons (Fsp3) is 0.435. The Morgan fingerprint density at radius 3 is 2.42 bits per heavy atom. The molecule has 1 unspecified atom stereocenters. The maximum absolute atomic E-state index is 13.1. The molecule has 1 N–H and O–H groups in total. The van der Waals surface area contributed by atoms with Crippen LogP contribution in [0.1, 0.15) is 24.2 Å². The van der Waals surface area contributed by atoms with Gasteiger partial charge in [-0.1, -0.05) is 0 Å². The third-order valence-corrected chi connectivity index (χ3v) is 6.44. The predicted octanol–water partition coefficient (Wildman–Crippen LogP) is 2.23. The molecule has 1 aromatic carbocycles. The van der Waals surface area contributed by atoms with Crippen LogP contribution in [0.4, 0.5) is 13.2 Å². The third kappa shape index (κ3) is 5.10. The summed E-state index contributed by atoms with van der Waals surface area (Å²) < 4.78 is 40.6. The second-order valence-electron chi connectivity index (χ2n) is 8.87. The second-order valence-corrected chi connectivity index (χ2v) is 8.87. The van der Waals surface area contributed by atoms with E-state index in [-0.39, 0.29) is 11.0 Å². The molecule has 0 saturated carbocycles. The lowest BCUT2D eigenvalue weighted by molar-refractivity contribution is -0.192. The zero-order valence-corrected chi connectivity index (χ0v) is 19.7. The number of aromatic nitrogens is 5. The number of ether oxygens (including phenoxy) is 1. The van der Waals surface area contributed by atoms with Crippen molar-refractivity contribution in [3.8, 4) is 17.0 Å². The first-order valence-corrected chi connectivity index (χ1v) is 11.1. The minimum Gasteiger partial charge on any atom is -0.497 e. The van der Waals surface area contributed by atoms with Gasteiger partial charge < -0.3 is 9.84 Å². The Hall–Kier alpha value is -3.74.